The predicted molar refractivity (Wildman–Crippen MR) is 277 cm³/mol. The molecule has 382 valence electrons. The predicted octanol–water partition coefficient (Wildman–Crippen LogP) is 8.37. The maximum atomic E-state index is 11.7. The van der Waals surface area contributed by atoms with Crippen molar-refractivity contribution in [3.63, 3.8) is 0 Å². The molecule has 7 heterocycles. The second kappa shape index (κ2) is 27.8. The third kappa shape index (κ3) is 21.3. The number of aliphatic hydroxyl groups is 3. The molecule has 7 atom stereocenters. The monoisotopic (exact) mass is 1110 g/mol. The minimum absolute atomic E-state index is 0.167. The van der Waals surface area contributed by atoms with Crippen LogP contribution >= 0.6 is 31.9 Å². The Bertz CT molecular complexity index is 2170. The van der Waals surface area contributed by atoms with Gasteiger partial charge in [-0.25, -0.2) is 24.7 Å². The zero-order chi connectivity index (χ0) is 50.9. The summed E-state index contributed by atoms with van der Waals surface area (Å²) in [6.07, 6.45) is 12.3. The van der Waals surface area contributed by atoms with Crippen LogP contribution in [-0.2, 0) is 19.0 Å². The largest absolute Gasteiger partial charge is 0.444 e. The van der Waals surface area contributed by atoms with Gasteiger partial charge in [0.1, 0.15) is 32.5 Å². The minimum atomic E-state index is -3.42. The van der Waals surface area contributed by atoms with Crippen LogP contribution in [0.5, 0.6) is 0 Å². The summed E-state index contributed by atoms with van der Waals surface area (Å²) in [5.74, 6) is 1.02. The number of piperidine rings is 3. The van der Waals surface area contributed by atoms with E-state index in [1.54, 1.807) is 37.5 Å². The number of likely N-dealkylation sites (tertiary alicyclic amines) is 3. The molecule has 17 nitrogen and oxygen atoms in total. The lowest BCUT2D eigenvalue weighted by molar-refractivity contribution is 0.0501. The van der Waals surface area contributed by atoms with Crippen molar-refractivity contribution in [2.45, 2.75) is 135 Å². The number of carbonyl (C=O) groups excluding carboxylic acids is 1. The highest BCUT2D eigenvalue weighted by atomic mass is 79.9. The van der Waals surface area contributed by atoms with E-state index in [1.807, 2.05) is 57.4 Å². The van der Waals surface area contributed by atoms with Crippen molar-refractivity contribution in [3.8, 4) is 0 Å². The lowest BCUT2D eigenvalue weighted by Crippen LogP contribution is -2.39. The van der Waals surface area contributed by atoms with Crippen LogP contribution < -0.4 is 11.1 Å². The second-order valence-corrected chi connectivity index (χ2v) is 22.0. The highest BCUT2D eigenvalue weighted by molar-refractivity contribution is 9.10. The van der Waals surface area contributed by atoms with Crippen LogP contribution in [0, 0.1) is 0 Å². The van der Waals surface area contributed by atoms with E-state index < -0.39 is 27.9 Å². The Morgan fingerprint density at radius 3 is 1.39 bits per heavy atom. The number of aliphatic hydroxyl groups excluding tert-OH is 3. The maximum Gasteiger partial charge on any atom is 0.413 e. The fraction of sp³-hybridized carbons (Fsp3) is 0.571. The first-order valence-corrected chi connectivity index (χ1v) is 26.9. The third-order valence-electron chi connectivity index (χ3n) is 11.9. The number of nitrogens with zero attached hydrogens (tertiary/aromatic N) is 7. The SMILES string of the molecule is CC(OS(C)(=O)=O)c1ccc(Br)nc1.CC(c1ccc(Br)nc1)N1CCC[C@H](O)C1.CC(c1ccc(N)nc1)N1CCC[C@H](O)C1.CC(c1ccc(NC(=O)OC(C)(C)C)nc1)N1CCC[C@H](O)C1. The highest BCUT2D eigenvalue weighted by Crippen LogP contribution is 2.27. The molecule has 6 N–H and O–H groups in total. The molecule has 20 heteroatoms. The zero-order valence-electron chi connectivity index (χ0n) is 41.2. The van der Waals surface area contributed by atoms with Gasteiger partial charge in [-0.2, -0.15) is 8.42 Å². The first kappa shape index (κ1) is 57.9. The van der Waals surface area contributed by atoms with E-state index in [4.69, 9.17) is 14.7 Å². The summed E-state index contributed by atoms with van der Waals surface area (Å²) in [6.45, 7) is 18.8. The number of hydrogen-bond donors (Lipinski definition) is 5. The van der Waals surface area contributed by atoms with E-state index in [1.165, 1.54) is 5.56 Å². The lowest BCUT2D eigenvalue weighted by atomic mass is 10.0. The topological polar surface area (TPSA) is 230 Å². The van der Waals surface area contributed by atoms with Crippen LogP contribution in [0.15, 0.2) is 82.5 Å². The number of nitrogen functional groups attached to an aromatic ring is 1. The van der Waals surface area contributed by atoms with Gasteiger partial charge >= 0.3 is 6.09 Å². The minimum Gasteiger partial charge on any atom is -0.444 e. The molecule has 4 aromatic rings. The number of carbonyl (C=O) groups is 1. The summed E-state index contributed by atoms with van der Waals surface area (Å²) in [4.78, 5) is 35.2. The van der Waals surface area contributed by atoms with Crippen LogP contribution in [0.2, 0.25) is 0 Å². The van der Waals surface area contributed by atoms with Crippen LogP contribution in [0.25, 0.3) is 0 Å². The Morgan fingerprint density at radius 2 is 1.06 bits per heavy atom. The molecule has 0 aliphatic carbocycles. The maximum absolute atomic E-state index is 11.7. The number of anilines is 2. The molecule has 3 aliphatic rings. The summed E-state index contributed by atoms with van der Waals surface area (Å²) in [5, 5.41) is 31.7. The normalized spacial score (nSPS) is 21.0. The van der Waals surface area contributed by atoms with Gasteiger partial charge in [-0.3, -0.25) is 24.2 Å². The standard InChI is InChI=1S/C17H27N3O3.C12H17BrN2O.C12H19N3O.C8H10BrNO3S/c1-12(20-9-5-6-14(21)11-20)13-7-8-15(18-10-13)19-16(22)23-17(2,3)4;2*1-9(10-4-5-12(13)14-7-10)15-6-2-3-11(16)8-15;1-6(13-14(2,11)12)7-3-4-8(9)10-5-7/h7-8,10,12,14,21H,5-6,9,11H2,1-4H3,(H,18,19,22);4-5,7,9,11,16H,2-3,6,8H2,1H3;4-5,7,9,11,16H,2-3,6,8H2,1H3,(H2,13,14);3-6H,1-2H3/t12?,14-;2*9?,11-;/m000./s1. The summed E-state index contributed by atoms with van der Waals surface area (Å²) in [7, 11) is -3.42. The molecule has 69 heavy (non-hydrogen) atoms. The third-order valence-corrected chi connectivity index (χ3v) is 13.5. The van der Waals surface area contributed by atoms with Crippen molar-refractivity contribution in [2.75, 3.05) is 56.6 Å². The fourth-order valence-electron chi connectivity index (χ4n) is 8.02. The number of pyridine rings is 4. The van der Waals surface area contributed by atoms with Gasteiger partial charge in [-0.05, 0) is 179 Å². The van der Waals surface area contributed by atoms with Crippen molar-refractivity contribution in [2.24, 2.45) is 0 Å². The van der Waals surface area contributed by atoms with E-state index in [0.29, 0.717) is 34.9 Å². The van der Waals surface area contributed by atoms with E-state index in [-0.39, 0.29) is 24.4 Å². The number of aromatic nitrogens is 4. The Kier molecular flexibility index (Phi) is 23.3. The Hall–Kier alpha value is -3.70. The molecule has 3 saturated heterocycles. The molecule has 0 bridgehead atoms. The molecular weight excluding hydrogens is 1030 g/mol. The average molecular weight is 1110 g/mol. The van der Waals surface area contributed by atoms with Crippen LogP contribution in [0.1, 0.15) is 133 Å². The molecule has 0 saturated carbocycles. The molecule has 0 spiro atoms. The van der Waals surface area contributed by atoms with Crippen molar-refractivity contribution in [3.05, 3.63) is 105 Å². The Morgan fingerprint density at radius 1 is 0.667 bits per heavy atom. The summed E-state index contributed by atoms with van der Waals surface area (Å²) >= 11 is 6.52. The van der Waals surface area contributed by atoms with Gasteiger partial charge in [0.15, 0.2) is 0 Å². The average Bonchev–Trinajstić information content (AvgIpc) is 3.29. The molecule has 3 aliphatic heterocycles. The van der Waals surface area contributed by atoms with Crippen molar-refractivity contribution < 1.29 is 37.5 Å². The zero-order valence-corrected chi connectivity index (χ0v) is 45.2. The van der Waals surface area contributed by atoms with Gasteiger partial charge < -0.3 is 25.8 Å². The van der Waals surface area contributed by atoms with Crippen molar-refractivity contribution >= 4 is 59.7 Å². The van der Waals surface area contributed by atoms with Gasteiger partial charge in [0, 0.05) is 68.1 Å². The number of halogens is 2. The number of ether oxygens (including phenoxy) is 1. The Balaban J connectivity index is 0.000000204. The van der Waals surface area contributed by atoms with Crippen LogP contribution in [-0.4, -0.2) is 134 Å². The first-order valence-electron chi connectivity index (χ1n) is 23.5. The van der Waals surface area contributed by atoms with Crippen LogP contribution in [0.3, 0.4) is 0 Å². The number of rotatable bonds is 10. The molecule has 4 unspecified atom stereocenters. The van der Waals surface area contributed by atoms with E-state index in [0.717, 1.165) is 98.8 Å². The summed E-state index contributed by atoms with van der Waals surface area (Å²) in [6, 6.07) is 15.9. The van der Waals surface area contributed by atoms with Gasteiger partial charge in [0.2, 0.25) is 0 Å². The quantitative estimate of drug-likeness (QED) is 0.0742. The second-order valence-electron chi connectivity index (χ2n) is 18.8. The van der Waals surface area contributed by atoms with Crippen LogP contribution in [0.4, 0.5) is 16.4 Å². The molecule has 7 rings (SSSR count). The first-order chi connectivity index (χ1) is 32.5. The molecule has 4 aromatic heterocycles. The number of amides is 1. The molecule has 1 amide bonds. The van der Waals surface area contributed by atoms with Gasteiger partial charge in [-0.1, -0.05) is 24.3 Å². The number of nitrogens with one attached hydrogen (secondary N) is 1. The molecule has 0 radical (unpaired) electrons. The molecular formula is C49H73Br2N9O8S. The molecule has 0 aromatic carbocycles. The van der Waals surface area contributed by atoms with E-state index in [9.17, 15) is 28.5 Å². The Labute approximate surface area is 426 Å². The van der Waals surface area contributed by atoms with Gasteiger partial charge in [0.25, 0.3) is 10.1 Å². The van der Waals surface area contributed by atoms with Crippen molar-refractivity contribution in [1.82, 2.24) is 34.6 Å². The molecule has 3 fully saturated rings. The number of nitrogens with two attached hydrogens (primary N) is 1. The lowest BCUT2D eigenvalue weighted by Gasteiger charge is -2.34. The van der Waals surface area contributed by atoms with E-state index >= 15 is 0 Å². The van der Waals surface area contributed by atoms with Gasteiger partial charge in [-0.15, -0.1) is 0 Å². The fourth-order valence-corrected chi connectivity index (χ4v) is 9.12. The summed E-state index contributed by atoms with van der Waals surface area (Å²) < 4.78 is 33.2. The number of hydrogen-bond acceptors (Lipinski definition) is 16. The van der Waals surface area contributed by atoms with E-state index in [2.05, 4.69) is 98.6 Å². The van der Waals surface area contributed by atoms with Crippen molar-refractivity contribution in [1.29, 1.82) is 0 Å². The smallest absolute Gasteiger partial charge is 0.413 e. The summed E-state index contributed by atoms with van der Waals surface area (Å²) in [5.41, 5.74) is 9.17. The van der Waals surface area contributed by atoms with Gasteiger partial charge in [0.05, 0.1) is 24.6 Å². The number of β-amino-alcohol motifs (C(OH)–C–C–N with tert-alkyl or cyclic N) is 3. The highest BCUT2D eigenvalue weighted by Gasteiger charge is 2.26.